The van der Waals surface area contributed by atoms with E-state index in [1.54, 1.807) is 11.1 Å². The van der Waals surface area contributed by atoms with Crippen LogP contribution in [0.1, 0.15) is 301 Å². The molecule has 1 aromatic rings. The van der Waals surface area contributed by atoms with Crippen LogP contribution in [-0.4, -0.2) is 25.4 Å². The lowest BCUT2D eigenvalue weighted by atomic mass is 9.84. The van der Waals surface area contributed by atoms with E-state index in [1.165, 1.54) is 178 Å². The maximum Gasteiger partial charge on any atom is 0.0547 e. The molecule has 0 aromatic heterocycles. The number of ether oxygens (including phenoxy) is 2. The molecule has 73 heavy (non-hydrogen) atoms. The fourth-order valence-corrected chi connectivity index (χ4v) is 10.6. The van der Waals surface area contributed by atoms with Gasteiger partial charge in [0, 0.05) is 17.5 Å². The van der Waals surface area contributed by atoms with Gasteiger partial charge in [-0.25, -0.2) is 0 Å². The minimum absolute atomic E-state index is 0. The van der Waals surface area contributed by atoms with E-state index in [9.17, 15) is 0 Å². The Hall–Kier alpha value is -1.38. The lowest BCUT2D eigenvalue weighted by Gasteiger charge is -2.23. The summed E-state index contributed by atoms with van der Waals surface area (Å²) in [6.45, 7) is 42.9. The monoisotopic (exact) mass is 1030 g/mol. The Morgan fingerprint density at radius 2 is 0.507 bits per heavy atom. The van der Waals surface area contributed by atoms with Crippen molar-refractivity contribution in [1.82, 2.24) is 0 Å². The van der Waals surface area contributed by atoms with Gasteiger partial charge in [-0.05, 0) is 177 Å². The summed E-state index contributed by atoms with van der Waals surface area (Å²) in [6, 6.07) is 8.48. The highest BCUT2D eigenvalue weighted by Crippen LogP contribution is 2.30. The molecule has 0 bridgehead atoms. The molecule has 0 N–H and O–H groups in total. The number of allylic oxidation sites excluding steroid dienone is 4. The Labute approximate surface area is 465 Å². The average Bonchev–Trinajstić information content (AvgIpc) is 3.36. The van der Waals surface area contributed by atoms with E-state index < -0.39 is 0 Å². The second-order valence-corrected chi connectivity index (χ2v) is 27.1. The van der Waals surface area contributed by atoms with E-state index in [1.807, 2.05) is 0 Å². The van der Waals surface area contributed by atoms with Gasteiger partial charge in [-0.3, -0.25) is 0 Å². The van der Waals surface area contributed by atoms with Crippen molar-refractivity contribution in [3.05, 3.63) is 58.7 Å². The van der Waals surface area contributed by atoms with Crippen molar-refractivity contribution in [2.24, 2.45) is 71.0 Å². The topological polar surface area (TPSA) is 18.5 Å². The van der Waals surface area contributed by atoms with Crippen LogP contribution < -0.4 is 0 Å². The zero-order valence-electron chi connectivity index (χ0n) is 52.2. The number of rotatable bonds is 0. The molecule has 6 unspecified atom stereocenters. The molecule has 0 amide bonds. The second-order valence-electron chi connectivity index (χ2n) is 27.1. The van der Waals surface area contributed by atoms with Gasteiger partial charge in [0.1, 0.15) is 0 Å². The molecular weight excluding hydrogens is 885 g/mol. The van der Waals surface area contributed by atoms with Crippen molar-refractivity contribution >= 4 is 0 Å². The predicted molar refractivity (Wildman–Crippen MR) is 337 cm³/mol. The third-order valence-electron chi connectivity index (χ3n) is 17.7. The summed E-state index contributed by atoms with van der Waals surface area (Å²) in [4.78, 5) is 0. The maximum atomic E-state index is 5.39. The van der Waals surface area contributed by atoms with Gasteiger partial charge < -0.3 is 9.47 Å². The van der Waals surface area contributed by atoms with Gasteiger partial charge in [0.2, 0.25) is 0 Å². The standard InChI is InChI=1S/4C8H16.2C8H14.C8H10.2C7H14O.CH4.3H2/c7*1-7-3-5-8(2)6-4-7;2*1-6-3-4-7(2)8-5-6;;;;/h4*7-8H,3-6H2,1-2H3;2*3,8H,4-6H2,1-2H3;3-6H,1-2H3;2*6-7H,3-5H2,1-2H3;1H4;3*1H/i;;;;;;;;;;1+1;;. The van der Waals surface area contributed by atoms with Crippen LogP contribution >= 0.6 is 0 Å². The van der Waals surface area contributed by atoms with Crippen LogP contribution in [-0.2, 0) is 9.47 Å². The van der Waals surface area contributed by atoms with Crippen LogP contribution in [0.15, 0.2) is 47.6 Å². The quantitative estimate of drug-likeness (QED) is 0.241. The van der Waals surface area contributed by atoms with Gasteiger partial charge in [-0.2, -0.15) is 0 Å². The van der Waals surface area contributed by atoms with Gasteiger partial charge in [-0.1, -0.05) is 252 Å². The molecule has 2 heteroatoms. The average molecular weight is 1030 g/mol. The maximum absolute atomic E-state index is 5.39. The van der Waals surface area contributed by atoms with Crippen molar-refractivity contribution in [1.29, 1.82) is 0 Å². The summed E-state index contributed by atoms with van der Waals surface area (Å²) < 4.78 is 10.8. The van der Waals surface area contributed by atoms with E-state index in [-0.39, 0.29) is 11.7 Å². The van der Waals surface area contributed by atoms with Crippen LogP contribution in [0.3, 0.4) is 0 Å². The molecule has 0 radical (unpaired) electrons. The number of aryl methyl sites for hydroxylation is 2. The van der Waals surface area contributed by atoms with Crippen molar-refractivity contribution in [3.8, 4) is 0 Å². The molecule has 8 aliphatic rings. The molecule has 2 nitrogen and oxygen atoms in total. The molecule has 0 spiro atoms. The van der Waals surface area contributed by atoms with Crippen LogP contribution in [0.2, 0.25) is 0 Å². The fourth-order valence-electron chi connectivity index (χ4n) is 10.6. The molecule has 436 valence electrons. The van der Waals surface area contributed by atoms with Gasteiger partial charge in [0.25, 0.3) is 0 Å². The molecule has 1 aromatic carbocycles. The molecular formula is C71H140O2. The fraction of sp³-hybridized carbons (Fsp3) is 0.859. The summed E-state index contributed by atoms with van der Waals surface area (Å²) in [7, 11) is 0. The van der Waals surface area contributed by atoms with Gasteiger partial charge in [0.05, 0.1) is 12.2 Å². The van der Waals surface area contributed by atoms with E-state index in [0.29, 0.717) is 12.2 Å². The van der Waals surface area contributed by atoms with Crippen LogP contribution in [0.4, 0.5) is 0 Å². The molecule has 6 fully saturated rings. The Kier molecular flexibility index (Phi) is 42.8. The molecule has 6 aliphatic carbocycles. The number of benzene rings is 1. The normalized spacial score (nSPS) is 33.7. The largest absolute Gasteiger partial charge is 0.378 e. The zero-order chi connectivity index (χ0) is 53.8. The highest BCUT2D eigenvalue weighted by Gasteiger charge is 2.17. The minimum Gasteiger partial charge on any atom is -0.378 e. The second kappa shape index (κ2) is 43.6. The highest BCUT2D eigenvalue weighted by atomic mass is 16.5. The summed E-state index contributed by atoms with van der Waals surface area (Å²) in [5.74, 6) is 11.6. The Morgan fingerprint density at radius 1 is 0.301 bits per heavy atom. The molecule has 9 rings (SSSR count). The summed E-state index contributed by atoms with van der Waals surface area (Å²) in [5, 5.41) is 0. The van der Waals surface area contributed by atoms with Crippen molar-refractivity contribution in [2.45, 2.75) is 311 Å². The molecule has 6 atom stereocenters. The third-order valence-corrected chi connectivity index (χ3v) is 17.7. The first-order valence-corrected chi connectivity index (χ1v) is 31.7. The molecule has 2 heterocycles. The Bertz CT molecular complexity index is 1160. The Morgan fingerprint density at radius 3 is 0.644 bits per heavy atom. The van der Waals surface area contributed by atoms with Crippen LogP contribution in [0, 0.1) is 84.9 Å². The van der Waals surface area contributed by atoms with Gasteiger partial charge >= 0.3 is 0 Å². The van der Waals surface area contributed by atoms with Crippen LogP contribution in [0.25, 0.3) is 0 Å². The predicted octanol–water partition coefficient (Wildman–Crippen LogP) is 24.2. The third kappa shape index (κ3) is 42.3. The van der Waals surface area contributed by atoms with Crippen molar-refractivity contribution in [3.63, 3.8) is 0 Å². The molecule has 2 saturated heterocycles. The van der Waals surface area contributed by atoms with Crippen LogP contribution in [0.5, 0.6) is 0 Å². The first-order valence-electron chi connectivity index (χ1n) is 31.7. The SMILES string of the molecule is C.CC1=CCC(C)CC1.CC1=CCC(C)CC1.CC1CCC(C)CC1.CC1CCC(C)CC1.CC1CCC(C)CC1.CC1CCC(C)CC1.CC1CCC(C)OC1.CC1CCC(C)OC1.Cc1ccc(C)cc1.[2HH].[HH].[HH]. The molecule has 4 saturated carbocycles. The van der Waals surface area contributed by atoms with Gasteiger partial charge in [0.15, 0.2) is 0 Å². The zero-order valence-corrected chi connectivity index (χ0v) is 52.2. The van der Waals surface area contributed by atoms with Gasteiger partial charge in [-0.15, -0.1) is 0 Å². The lowest BCUT2D eigenvalue weighted by Crippen LogP contribution is -2.21. The van der Waals surface area contributed by atoms with Crippen molar-refractivity contribution in [2.75, 3.05) is 13.2 Å². The first kappa shape index (κ1) is 71.6. The number of hydrogen-bond acceptors (Lipinski definition) is 2. The Balaban J connectivity index is -0.000000381. The van der Waals surface area contributed by atoms with E-state index in [4.69, 9.17) is 9.47 Å². The van der Waals surface area contributed by atoms with E-state index in [0.717, 1.165) is 84.2 Å². The number of hydrogen-bond donors (Lipinski definition) is 0. The molecule has 2 aliphatic heterocycles. The minimum atomic E-state index is 0. The summed E-state index contributed by atoms with van der Waals surface area (Å²) in [5.41, 5.74) is 5.83. The smallest absolute Gasteiger partial charge is 0.0547 e. The summed E-state index contributed by atoms with van der Waals surface area (Å²) in [6.07, 6.45) is 42.7. The van der Waals surface area contributed by atoms with E-state index in [2.05, 4.69) is 161 Å². The van der Waals surface area contributed by atoms with Crippen molar-refractivity contribution < 1.29 is 13.8 Å². The highest BCUT2D eigenvalue weighted by molar-refractivity contribution is 5.19. The van der Waals surface area contributed by atoms with E-state index >= 15 is 0 Å². The summed E-state index contributed by atoms with van der Waals surface area (Å²) >= 11 is 0. The lowest BCUT2D eigenvalue weighted by molar-refractivity contribution is 0.000174. The first-order chi connectivity index (χ1) is 34.1.